The Bertz CT molecular complexity index is 691. The van der Waals surface area contributed by atoms with Crippen LogP contribution in [0.15, 0.2) is 58.5 Å². The van der Waals surface area contributed by atoms with E-state index in [1.54, 1.807) is 37.4 Å². The van der Waals surface area contributed by atoms with Gasteiger partial charge >= 0.3 is 0 Å². The van der Waals surface area contributed by atoms with Gasteiger partial charge in [0.25, 0.3) is 0 Å². The summed E-state index contributed by atoms with van der Waals surface area (Å²) in [5, 5.41) is 0. The molecule has 2 aromatic carbocycles. The van der Waals surface area contributed by atoms with E-state index in [1.165, 1.54) is 0 Å². The van der Waals surface area contributed by atoms with Crippen LogP contribution in [0.3, 0.4) is 0 Å². The molecule has 0 aromatic heterocycles. The number of benzene rings is 2. The zero-order chi connectivity index (χ0) is 15.9. The zero-order valence-electron chi connectivity index (χ0n) is 12.1. The molecule has 2 rings (SSSR count). The van der Waals surface area contributed by atoms with Crippen LogP contribution in [0.2, 0.25) is 0 Å². The fourth-order valence-electron chi connectivity index (χ4n) is 1.68. The maximum absolute atomic E-state index is 5.72. The fraction of sp³-hybridized carbons (Fsp3) is 0.0667. The van der Waals surface area contributed by atoms with Gasteiger partial charge in [-0.05, 0) is 36.4 Å². The summed E-state index contributed by atoms with van der Waals surface area (Å²) in [4.78, 5) is 7.68. The molecule has 0 aliphatic carbocycles. The Balaban J connectivity index is 2.10. The molecule has 0 radical (unpaired) electrons. The number of nitrogens with zero attached hydrogens (tertiary/aromatic N) is 2. The van der Waals surface area contributed by atoms with Crippen molar-refractivity contribution >= 4 is 17.6 Å². The van der Waals surface area contributed by atoms with Crippen LogP contribution in [-0.4, -0.2) is 19.0 Å². The van der Waals surface area contributed by atoms with Crippen molar-refractivity contribution in [2.45, 2.75) is 0 Å². The molecule has 0 aliphatic rings. The van der Waals surface area contributed by atoms with Gasteiger partial charge in [-0.1, -0.05) is 6.07 Å². The van der Waals surface area contributed by atoms with Crippen molar-refractivity contribution in [3.05, 3.63) is 48.5 Å². The average molecular weight is 299 g/mol. The van der Waals surface area contributed by atoms with Crippen molar-refractivity contribution in [3.8, 4) is 17.2 Å². The molecule has 0 aliphatic heterocycles. The van der Waals surface area contributed by atoms with Crippen LogP contribution in [0.4, 0.5) is 5.69 Å². The van der Waals surface area contributed by atoms with Crippen molar-refractivity contribution in [1.29, 1.82) is 0 Å². The van der Waals surface area contributed by atoms with E-state index in [2.05, 4.69) is 9.98 Å². The lowest BCUT2D eigenvalue weighted by molar-refractivity contribution is 0.409. The summed E-state index contributed by atoms with van der Waals surface area (Å²) in [5.74, 6) is 1.91. The largest absolute Gasteiger partial charge is 0.497 e. The van der Waals surface area contributed by atoms with Gasteiger partial charge in [-0.3, -0.25) is 0 Å². The summed E-state index contributed by atoms with van der Waals surface area (Å²) >= 11 is 0. The van der Waals surface area contributed by atoms with E-state index in [-0.39, 0.29) is 11.9 Å². The van der Waals surface area contributed by atoms with Crippen molar-refractivity contribution in [2.24, 2.45) is 27.2 Å². The summed E-state index contributed by atoms with van der Waals surface area (Å²) in [7, 11) is 1.60. The molecule has 0 heterocycles. The first-order valence-electron chi connectivity index (χ1n) is 6.42. The van der Waals surface area contributed by atoms with Crippen molar-refractivity contribution in [3.63, 3.8) is 0 Å². The lowest BCUT2D eigenvalue weighted by atomic mass is 10.3. The van der Waals surface area contributed by atoms with Gasteiger partial charge in [0.05, 0.1) is 12.8 Å². The number of rotatable bonds is 4. The van der Waals surface area contributed by atoms with Crippen molar-refractivity contribution < 1.29 is 9.47 Å². The van der Waals surface area contributed by atoms with Crippen LogP contribution in [0.25, 0.3) is 0 Å². The number of hydrogen-bond donors (Lipinski definition) is 3. The first-order chi connectivity index (χ1) is 10.6. The Hall–Kier alpha value is -3.22. The van der Waals surface area contributed by atoms with E-state index >= 15 is 0 Å². The van der Waals surface area contributed by atoms with Crippen LogP contribution in [0.5, 0.6) is 17.2 Å². The molecule has 7 nitrogen and oxygen atoms in total. The Labute approximate surface area is 128 Å². The highest BCUT2D eigenvalue weighted by molar-refractivity contribution is 5.93. The summed E-state index contributed by atoms with van der Waals surface area (Å²) < 4.78 is 10.9. The molecule has 0 spiro atoms. The minimum absolute atomic E-state index is 0.0125. The van der Waals surface area contributed by atoms with Gasteiger partial charge < -0.3 is 26.7 Å². The van der Waals surface area contributed by atoms with Gasteiger partial charge in [-0.2, -0.15) is 4.99 Å². The molecule has 114 valence electrons. The molecule has 0 saturated carbocycles. The summed E-state index contributed by atoms with van der Waals surface area (Å²) in [5.41, 5.74) is 16.6. The van der Waals surface area contributed by atoms with E-state index in [0.29, 0.717) is 17.2 Å². The summed E-state index contributed by atoms with van der Waals surface area (Å²) in [6, 6.07) is 14.3. The molecule has 7 heteroatoms. The fourth-order valence-corrected chi connectivity index (χ4v) is 1.68. The van der Waals surface area contributed by atoms with Gasteiger partial charge in [0.1, 0.15) is 17.2 Å². The van der Waals surface area contributed by atoms with E-state index in [4.69, 9.17) is 26.7 Å². The Morgan fingerprint density at radius 2 is 1.59 bits per heavy atom. The van der Waals surface area contributed by atoms with Gasteiger partial charge in [-0.15, -0.1) is 0 Å². The van der Waals surface area contributed by atoms with Gasteiger partial charge in [0.15, 0.2) is 5.96 Å². The van der Waals surface area contributed by atoms with Crippen LogP contribution >= 0.6 is 0 Å². The molecule has 0 bridgehead atoms. The Kier molecular flexibility index (Phi) is 4.81. The molecule has 2 aromatic rings. The Morgan fingerprint density at radius 3 is 2.23 bits per heavy atom. The molecule has 0 amide bonds. The van der Waals surface area contributed by atoms with E-state index in [9.17, 15) is 0 Å². The first-order valence-corrected chi connectivity index (χ1v) is 6.42. The highest BCUT2D eigenvalue weighted by atomic mass is 16.5. The van der Waals surface area contributed by atoms with Crippen LogP contribution in [0, 0.1) is 0 Å². The molecule has 0 unspecified atom stereocenters. The first kappa shape index (κ1) is 15.2. The number of methoxy groups -OCH3 is 1. The van der Waals surface area contributed by atoms with Gasteiger partial charge in [0, 0.05) is 6.07 Å². The van der Waals surface area contributed by atoms with Gasteiger partial charge in [-0.25, -0.2) is 4.99 Å². The molecule has 6 N–H and O–H groups in total. The minimum Gasteiger partial charge on any atom is -0.497 e. The number of ether oxygens (including phenoxy) is 2. The maximum atomic E-state index is 5.72. The number of aliphatic imine (C=N–C) groups is 2. The molecular weight excluding hydrogens is 282 g/mol. The van der Waals surface area contributed by atoms with E-state index < -0.39 is 0 Å². The highest BCUT2D eigenvalue weighted by Gasteiger charge is 2.00. The third-order valence-corrected chi connectivity index (χ3v) is 2.60. The maximum Gasteiger partial charge on any atom is 0.223 e. The third-order valence-electron chi connectivity index (χ3n) is 2.60. The van der Waals surface area contributed by atoms with Crippen molar-refractivity contribution in [1.82, 2.24) is 0 Å². The third kappa shape index (κ3) is 4.41. The molecular formula is C15H17N5O2. The summed E-state index contributed by atoms with van der Waals surface area (Å²) in [6.07, 6.45) is 0. The molecule has 22 heavy (non-hydrogen) atoms. The van der Waals surface area contributed by atoms with E-state index in [1.807, 2.05) is 18.2 Å². The second-order valence-corrected chi connectivity index (χ2v) is 4.28. The molecule has 0 saturated heterocycles. The normalized spacial score (nSPS) is 10.9. The smallest absolute Gasteiger partial charge is 0.223 e. The second-order valence-electron chi connectivity index (χ2n) is 4.28. The number of nitrogens with two attached hydrogens (primary N) is 3. The minimum atomic E-state index is -0.140. The lowest BCUT2D eigenvalue weighted by Gasteiger charge is -2.07. The molecule has 0 fully saturated rings. The Morgan fingerprint density at radius 1 is 0.909 bits per heavy atom. The average Bonchev–Trinajstić information content (AvgIpc) is 2.48. The van der Waals surface area contributed by atoms with Crippen LogP contribution < -0.4 is 26.7 Å². The quantitative estimate of drug-likeness (QED) is 0.586. The van der Waals surface area contributed by atoms with Gasteiger partial charge in [0.2, 0.25) is 5.96 Å². The van der Waals surface area contributed by atoms with Crippen molar-refractivity contribution in [2.75, 3.05) is 7.11 Å². The van der Waals surface area contributed by atoms with Crippen LogP contribution in [-0.2, 0) is 0 Å². The molecule has 0 atom stereocenters. The number of guanidine groups is 2. The number of hydrogen-bond acceptors (Lipinski definition) is 3. The predicted octanol–water partition coefficient (Wildman–Crippen LogP) is 1.71. The predicted molar refractivity (Wildman–Crippen MR) is 86.6 cm³/mol. The zero-order valence-corrected chi connectivity index (χ0v) is 12.1. The SMILES string of the molecule is COc1cccc(Oc2ccc(N=C(N)N=C(N)N)cc2)c1. The monoisotopic (exact) mass is 299 g/mol. The topological polar surface area (TPSA) is 121 Å². The second kappa shape index (κ2) is 6.98. The highest BCUT2D eigenvalue weighted by Crippen LogP contribution is 2.26. The standard InChI is InChI=1S/C15H17N5O2/c1-21-12-3-2-4-13(9-12)22-11-7-5-10(6-8-11)19-15(18)20-14(16)17/h2-9H,1H3,(H6,16,17,18,19,20). The lowest BCUT2D eigenvalue weighted by Crippen LogP contribution is -2.26. The summed E-state index contributed by atoms with van der Waals surface area (Å²) in [6.45, 7) is 0. The van der Waals surface area contributed by atoms with Crippen LogP contribution in [0.1, 0.15) is 0 Å². The van der Waals surface area contributed by atoms with E-state index in [0.717, 1.165) is 5.75 Å².